The molecule has 0 aromatic carbocycles. The van der Waals surface area contributed by atoms with Crippen LogP contribution in [0.1, 0.15) is 310 Å². The van der Waals surface area contributed by atoms with Crippen molar-refractivity contribution in [3.05, 3.63) is 34.7 Å². The van der Waals surface area contributed by atoms with Gasteiger partial charge in [0.1, 0.15) is 0 Å². The van der Waals surface area contributed by atoms with E-state index >= 15 is 0 Å². The normalized spacial score (nSPS) is 36.4. The molecule has 1 heteroatoms. The SMILES string of the molecule is [C-]#[N+]C(C)(C)CCCCCC1(CCCCCCC)C2CC(C3CCC(C=C(C4CCCCC4)C4CCCCC4)CC3)CCC2C2CCC(C3CCC(C=C(C4CCCCC4)C4CCCCC4)CC3)CC21. The molecular formula is C69H115N. The van der Waals surface area contributed by atoms with Crippen molar-refractivity contribution in [3.63, 3.8) is 0 Å². The van der Waals surface area contributed by atoms with Crippen LogP contribution in [0.5, 0.6) is 0 Å². The lowest BCUT2D eigenvalue weighted by Crippen LogP contribution is -2.40. The van der Waals surface area contributed by atoms with Crippen molar-refractivity contribution >= 4 is 0 Å². The Morgan fingerprint density at radius 2 is 0.786 bits per heavy atom. The van der Waals surface area contributed by atoms with Crippen LogP contribution in [0.3, 0.4) is 0 Å². The van der Waals surface area contributed by atoms with Crippen molar-refractivity contribution in [2.24, 2.45) is 88.3 Å². The van der Waals surface area contributed by atoms with E-state index in [9.17, 15) is 0 Å². The summed E-state index contributed by atoms with van der Waals surface area (Å²) in [6, 6.07) is 0. The molecule has 9 rings (SSSR count). The van der Waals surface area contributed by atoms with E-state index in [1.165, 1.54) is 212 Å². The molecular weight excluding hydrogens is 843 g/mol. The highest BCUT2D eigenvalue weighted by molar-refractivity contribution is 5.17. The molecule has 0 N–H and O–H groups in total. The van der Waals surface area contributed by atoms with E-state index in [2.05, 4.69) is 37.8 Å². The topological polar surface area (TPSA) is 4.36 Å². The number of fused-ring (bicyclic) bond motifs is 3. The monoisotopic (exact) mass is 958 g/mol. The number of hydrogen-bond acceptors (Lipinski definition) is 0. The summed E-state index contributed by atoms with van der Waals surface area (Å²) in [5, 5.41) is 0. The van der Waals surface area contributed by atoms with Gasteiger partial charge in [0, 0.05) is 20.3 Å². The first kappa shape index (κ1) is 53.8. The third-order valence-corrected chi connectivity index (χ3v) is 24.0. The second-order valence-electron chi connectivity index (χ2n) is 28.6. The average molecular weight is 959 g/mol. The molecule has 70 heavy (non-hydrogen) atoms. The van der Waals surface area contributed by atoms with Crippen LogP contribution < -0.4 is 0 Å². The van der Waals surface area contributed by atoms with Gasteiger partial charge < -0.3 is 4.85 Å². The van der Waals surface area contributed by atoms with E-state index in [0.29, 0.717) is 5.41 Å². The summed E-state index contributed by atoms with van der Waals surface area (Å²) in [4.78, 5) is 4.05. The van der Waals surface area contributed by atoms with Crippen molar-refractivity contribution < 1.29 is 0 Å². The third-order valence-electron chi connectivity index (χ3n) is 24.0. The molecule has 9 aliphatic rings. The maximum absolute atomic E-state index is 7.86. The van der Waals surface area contributed by atoms with E-state index in [-0.39, 0.29) is 5.54 Å². The van der Waals surface area contributed by atoms with Gasteiger partial charge in [0.15, 0.2) is 0 Å². The lowest BCUT2D eigenvalue weighted by molar-refractivity contribution is 0.0103. The number of rotatable bonds is 20. The largest absolute Gasteiger partial charge is 0.311 e. The van der Waals surface area contributed by atoms with Crippen LogP contribution in [-0.2, 0) is 0 Å². The second-order valence-corrected chi connectivity index (χ2v) is 28.6. The first-order valence-corrected chi connectivity index (χ1v) is 33.2. The predicted molar refractivity (Wildman–Crippen MR) is 302 cm³/mol. The molecule has 0 heterocycles. The van der Waals surface area contributed by atoms with E-state index in [1.54, 1.807) is 70.6 Å². The Labute approximate surface area is 436 Å². The fourth-order valence-corrected chi connectivity index (χ4v) is 20.2. The Morgan fingerprint density at radius 3 is 1.16 bits per heavy atom. The lowest BCUT2D eigenvalue weighted by Gasteiger charge is -2.49. The smallest absolute Gasteiger partial charge is 0.227 e. The molecule has 1 nitrogen and oxygen atoms in total. The van der Waals surface area contributed by atoms with Gasteiger partial charge in [-0.2, -0.15) is 0 Å². The molecule has 9 fully saturated rings. The van der Waals surface area contributed by atoms with Gasteiger partial charge in [-0.3, -0.25) is 0 Å². The number of hydrogen-bond donors (Lipinski definition) is 0. The highest BCUT2D eigenvalue weighted by Crippen LogP contribution is 2.69. The minimum absolute atomic E-state index is 0.183. The van der Waals surface area contributed by atoms with Crippen LogP contribution in [0.15, 0.2) is 23.3 Å². The Kier molecular flexibility index (Phi) is 20.5. The maximum atomic E-state index is 7.86. The highest BCUT2D eigenvalue weighted by Gasteiger charge is 2.61. The Bertz CT molecular complexity index is 1480. The van der Waals surface area contributed by atoms with Gasteiger partial charge in [-0.15, -0.1) is 0 Å². The zero-order valence-corrected chi connectivity index (χ0v) is 47.0. The fourth-order valence-electron chi connectivity index (χ4n) is 20.2. The molecule has 396 valence electrons. The lowest BCUT2D eigenvalue weighted by atomic mass is 9.56. The molecule has 9 aliphatic carbocycles. The van der Waals surface area contributed by atoms with Gasteiger partial charge in [0.05, 0.1) is 0 Å². The Morgan fingerprint density at radius 1 is 0.429 bits per heavy atom. The zero-order chi connectivity index (χ0) is 48.2. The van der Waals surface area contributed by atoms with Crippen molar-refractivity contribution in [3.8, 4) is 0 Å². The van der Waals surface area contributed by atoms with Crippen molar-refractivity contribution in [1.29, 1.82) is 0 Å². The van der Waals surface area contributed by atoms with Gasteiger partial charge in [-0.05, 0) is 249 Å². The standard InChI is InChI=1S/C69H115N/c1-5-6-7-8-23-46-69(47-24-13-22-45-68(2,3)70-4)66-50-60(54-37-33-52(34-38-54)48-64(56-25-14-9-15-26-56)57-27-16-10-17-28-57)41-43-62(66)63-44-42-61(51-67(63)69)55-39-35-53(36-40-55)49-65(58-29-18-11-19-30-58)59-31-20-12-21-32-59/h48-49,52-63,66-67H,5-47,50-51H2,1-3H3. The van der Waals surface area contributed by atoms with Gasteiger partial charge in [-0.25, -0.2) is 6.57 Å². The van der Waals surface area contributed by atoms with Gasteiger partial charge >= 0.3 is 0 Å². The van der Waals surface area contributed by atoms with Crippen molar-refractivity contribution in [1.82, 2.24) is 0 Å². The number of nitrogens with zero attached hydrogens (tertiary/aromatic N) is 1. The number of allylic oxidation sites excluding steroid dienone is 4. The molecule has 0 radical (unpaired) electrons. The van der Waals surface area contributed by atoms with Crippen LogP contribution in [0, 0.1) is 94.8 Å². The van der Waals surface area contributed by atoms with E-state index in [4.69, 9.17) is 6.57 Å². The molecule has 0 spiro atoms. The molecule has 0 amide bonds. The Balaban J connectivity index is 0.899. The molecule has 0 aliphatic heterocycles. The summed E-state index contributed by atoms with van der Waals surface area (Å²) in [5.74, 6) is 13.6. The van der Waals surface area contributed by atoms with Gasteiger partial charge in [-0.1, -0.05) is 152 Å². The van der Waals surface area contributed by atoms with Crippen LogP contribution in [0.25, 0.3) is 4.85 Å². The average Bonchev–Trinajstić information content (AvgIpc) is 3.68. The van der Waals surface area contributed by atoms with Crippen molar-refractivity contribution in [2.75, 3.05) is 0 Å². The predicted octanol–water partition coefficient (Wildman–Crippen LogP) is 21.8. The molecule has 9 saturated carbocycles. The van der Waals surface area contributed by atoms with Crippen LogP contribution in [0.4, 0.5) is 0 Å². The van der Waals surface area contributed by atoms with E-state index in [1.807, 2.05) is 11.1 Å². The summed E-state index contributed by atoms with van der Waals surface area (Å²) >= 11 is 0. The third kappa shape index (κ3) is 13.7. The molecule has 0 aromatic heterocycles. The summed E-state index contributed by atoms with van der Waals surface area (Å²) in [6.45, 7) is 14.7. The Hall–Kier alpha value is -1.03. The van der Waals surface area contributed by atoms with Crippen molar-refractivity contribution in [2.45, 2.75) is 315 Å². The van der Waals surface area contributed by atoms with Crippen LogP contribution in [0.2, 0.25) is 0 Å². The van der Waals surface area contributed by atoms with E-state index in [0.717, 1.165) is 89.3 Å². The van der Waals surface area contributed by atoms with Gasteiger partial charge in [0.25, 0.3) is 0 Å². The number of unbranched alkanes of at least 4 members (excludes halogenated alkanes) is 6. The summed E-state index contributed by atoms with van der Waals surface area (Å²) in [7, 11) is 0. The quantitative estimate of drug-likeness (QED) is 0.0651. The van der Waals surface area contributed by atoms with Crippen LogP contribution >= 0.6 is 0 Å². The van der Waals surface area contributed by atoms with E-state index < -0.39 is 0 Å². The molecule has 0 aromatic rings. The second kappa shape index (κ2) is 26.6. The first-order chi connectivity index (χ1) is 34.3. The molecule has 0 saturated heterocycles. The molecule has 6 atom stereocenters. The van der Waals surface area contributed by atoms with Crippen LogP contribution in [-0.4, -0.2) is 5.54 Å². The zero-order valence-electron chi connectivity index (χ0n) is 47.0. The fraction of sp³-hybridized carbons (Fsp3) is 0.928. The minimum atomic E-state index is -0.183. The van der Waals surface area contributed by atoms with Gasteiger partial charge in [0.2, 0.25) is 5.54 Å². The molecule has 0 bridgehead atoms. The highest BCUT2D eigenvalue weighted by atomic mass is 14.8. The summed E-state index contributed by atoms with van der Waals surface area (Å²) < 4.78 is 0. The minimum Gasteiger partial charge on any atom is -0.311 e. The maximum Gasteiger partial charge on any atom is 0.227 e. The molecule has 6 unspecified atom stereocenters. The summed E-state index contributed by atoms with van der Waals surface area (Å²) in [6.07, 6.45) is 73.2. The summed E-state index contributed by atoms with van der Waals surface area (Å²) in [5.41, 5.74) is 4.41. The first-order valence-electron chi connectivity index (χ1n) is 33.2.